The summed E-state index contributed by atoms with van der Waals surface area (Å²) in [5, 5.41) is 6.60. The van der Waals surface area contributed by atoms with Crippen LogP contribution in [0.25, 0.3) is 0 Å². The number of ether oxygens (including phenoxy) is 1. The van der Waals surface area contributed by atoms with Gasteiger partial charge < -0.3 is 19.9 Å². The third-order valence-corrected chi connectivity index (χ3v) is 3.97. The number of nitrogens with one attached hydrogen (secondary N) is 2. The predicted octanol–water partition coefficient (Wildman–Crippen LogP) is 2.66. The Kier molecular flexibility index (Phi) is 8.03. The zero-order valence-corrected chi connectivity index (χ0v) is 16.8. The monoisotopic (exact) mass is 455 g/mol. The molecule has 0 amide bonds. The van der Waals surface area contributed by atoms with Crippen molar-refractivity contribution >= 4 is 29.9 Å². The topological polar surface area (TPSA) is 63.5 Å². The van der Waals surface area contributed by atoms with E-state index in [4.69, 9.17) is 4.74 Å². The first-order chi connectivity index (χ1) is 11.8. The molecule has 2 N–H and O–H groups in total. The summed E-state index contributed by atoms with van der Waals surface area (Å²) in [5.74, 6) is 2.24. The number of guanidine groups is 1. The number of aliphatic imine (C=N–C) groups is 1. The van der Waals surface area contributed by atoms with Crippen LogP contribution in [-0.2, 0) is 13.1 Å². The van der Waals surface area contributed by atoms with E-state index in [-0.39, 0.29) is 24.0 Å². The molecule has 136 valence electrons. The van der Waals surface area contributed by atoms with E-state index < -0.39 is 0 Å². The van der Waals surface area contributed by atoms with Crippen molar-refractivity contribution < 1.29 is 4.74 Å². The lowest BCUT2D eigenvalue weighted by atomic mass is 10.3. The van der Waals surface area contributed by atoms with E-state index >= 15 is 0 Å². The normalized spacial score (nSPS) is 13.9. The second-order valence-corrected chi connectivity index (χ2v) is 6.03. The van der Waals surface area contributed by atoms with E-state index in [0.717, 1.165) is 37.1 Å². The van der Waals surface area contributed by atoms with Crippen LogP contribution >= 0.6 is 24.0 Å². The van der Waals surface area contributed by atoms with Crippen LogP contribution in [0.1, 0.15) is 18.4 Å². The van der Waals surface area contributed by atoms with Gasteiger partial charge in [-0.15, -0.1) is 24.0 Å². The fourth-order valence-corrected chi connectivity index (χ4v) is 2.32. The maximum Gasteiger partial charge on any atom is 0.213 e. The van der Waals surface area contributed by atoms with Crippen LogP contribution in [0, 0.1) is 5.92 Å². The van der Waals surface area contributed by atoms with Gasteiger partial charge in [0.05, 0.1) is 6.61 Å². The zero-order chi connectivity index (χ0) is 16.6. The molecule has 0 saturated heterocycles. The Morgan fingerprint density at radius 3 is 2.72 bits per heavy atom. The third-order valence-electron chi connectivity index (χ3n) is 3.97. The highest BCUT2D eigenvalue weighted by Crippen LogP contribution is 2.29. The zero-order valence-electron chi connectivity index (χ0n) is 14.5. The highest BCUT2D eigenvalue weighted by atomic mass is 127. The number of rotatable bonds is 8. The van der Waals surface area contributed by atoms with Gasteiger partial charge in [-0.1, -0.05) is 6.07 Å². The maximum absolute atomic E-state index is 5.65. The molecule has 0 aromatic carbocycles. The van der Waals surface area contributed by atoms with Crippen molar-refractivity contribution in [3.05, 3.63) is 48.4 Å². The first-order valence-corrected chi connectivity index (χ1v) is 8.46. The van der Waals surface area contributed by atoms with Gasteiger partial charge in [0.2, 0.25) is 5.88 Å². The Morgan fingerprint density at radius 1 is 1.28 bits per heavy atom. The van der Waals surface area contributed by atoms with E-state index in [1.54, 1.807) is 7.05 Å². The van der Waals surface area contributed by atoms with Crippen molar-refractivity contribution in [2.24, 2.45) is 10.9 Å². The molecule has 25 heavy (non-hydrogen) atoms. The Morgan fingerprint density at radius 2 is 2.08 bits per heavy atom. The summed E-state index contributed by atoms with van der Waals surface area (Å²) in [6.07, 6.45) is 8.53. The van der Waals surface area contributed by atoms with Gasteiger partial charge >= 0.3 is 0 Å². The van der Waals surface area contributed by atoms with Gasteiger partial charge in [-0.2, -0.15) is 0 Å². The first-order valence-electron chi connectivity index (χ1n) is 8.46. The molecular formula is C18H26IN5O. The molecular weight excluding hydrogens is 429 g/mol. The maximum atomic E-state index is 5.65. The molecule has 0 radical (unpaired) electrons. The van der Waals surface area contributed by atoms with Crippen LogP contribution in [0.15, 0.2) is 47.8 Å². The van der Waals surface area contributed by atoms with Gasteiger partial charge in [0.1, 0.15) is 0 Å². The van der Waals surface area contributed by atoms with Crippen LogP contribution in [0.3, 0.4) is 0 Å². The van der Waals surface area contributed by atoms with Gasteiger partial charge in [0, 0.05) is 51.3 Å². The fourth-order valence-electron chi connectivity index (χ4n) is 2.32. The molecule has 1 fully saturated rings. The number of nitrogens with zero attached hydrogens (tertiary/aromatic N) is 3. The van der Waals surface area contributed by atoms with Gasteiger partial charge in [-0.25, -0.2) is 4.98 Å². The van der Waals surface area contributed by atoms with E-state index in [9.17, 15) is 0 Å². The Bertz CT molecular complexity index is 638. The molecule has 0 unspecified atom stereocenters. The first kappa shape index (κ1) is 19.6. The Labute approximate surface area is 166 Å². The second-order valence-electron chi connectivity index (χ2n) is 6.03. The molecule has 0 aliphatic heterocycles. The number of hydrogen-bond acceptors (Lipinski definition) is 3. The molecule has 7 heteroatoms. The molecule has 1 aliphatic carbocycles. The smallest absolute Gasteiger partial charge is 0.213 e. The van der Waals surface area contributed by atoms with E-state index in [1.165, 1.54) is 12.8 Å². The minimum Gasteiger partial charge on any atom is -0.477 e. The lowest BCUT2D eigenvalue weighted by Crippen LogP contribution is -2.38. The van der Waals surface area contributed by atoms with Crippen LogP contribution in [0.4, 0.5) is 0 Å². The number of hydrogen-bond donors (Lipinski definition) is 2. The molecule has 0 spiro atoms. The Balaban J connectivity index is 0.00000225. The van der Waals surface area contributed by atoms with Crippen molar-refractivity contribution in [2.75, 3.05) is 20.2 Å². The molecule has 3 rings (SSSR count). The molecule has 2 aromatic heterocycles. The highest BCUT2D eigenvalue weighted by Gasteiger charge is 2.21. The van der Waals surface area contributed by atoms with Gasteiger partial charge in [0.15, 0.2) is 5.96 Å². The molecule has 1 aliphatic rings. The van der Waals surface area contributed by atoms with Crippen LogP contribution in [-0.4, -0.2) is 35.7 Å². The molecule has 2 aromatic rings. The SMILES string of the molecule is CN=C(NCCn1cccc1)NCc1ccc(OCC2CC2)nc1.I. The summed E-state index contributed by atoms with van der Waals surface area (Å²) in [6, 6.07) is 8.02. The summed E-state index contributed by atoms with van der Waals surface area (Å²) in [6.45, 7) is 3.20. The van der Waals surface area contributed by atoms with Crippen LogP contribution in [0.2, 0.25) is 0 Å². The largest absolute Gasteiger partial charge is 0.477 e. The van der Waals surface area contributed by atoms with Crippen molar-refractivity contribution in [2.45, 2.75) is 25.9 Å². The summed E-state index contributed by atoms with van der Waals surface area (Å²) in [7, 11) is 1.78. The summed E-state index contributed by atoms with van der Waals surface area (Å²) < 4.78 is 7.78. The van der Waals surface area contributed by atoms with Crippen molar-refractivity contribution in [1.82, 2.24) is 20.2 Å². The number of aromatic nitrogens is 2. The van der Waals surface area contributed by atoms with E-state index in [1.807, 2.05) is 30.5 Å². The lowest BCUT2D eigenvalue weighted by Gasteiger charge is -2.12. The van der Waals surface area contributed by atoms with Gasteiger partial charge in [-0.3, -0.25) is 4.99 Å². The second kappa shape index (κ2) is 10.3. The number of pyridine rings is 1. The lowest BCUT2D eigenvalue weighted by molar-refractivity contribution is 0.288. The molecule has 6 nitrogen and oxygen atoms in total. The minimum atomic E-state index is 0. The molecule has 0 bridgehead atoms. The van der Waals surface area contributed by atoms with Crippen molar-refractivity contribution in [3.8, 4) is 5.88 Å². The fraction of sp³-hybridized carbons (Fsp3) is 0.444. The van der Waals surface area contributed by atoms with Crippen LogP contribution in [0.5, 0.6) is 5.88 Å². The highest BCUT2D eigenvalue weighted by molar-refractivity contribution is 14.0. The molecule has 0 atom stereocenters. The summed E-state index contributed by atoms with van der Waals surface area (Å²) in [5.41, 5.74) is 1.10. The minimum absolute atomic E-state index is 0. The van der Waals surface area contributed by atoms with E-state index in [2.05, 4.69) is 37.6 Å². The molecule has 1 saturated carbocycles. The van der Waals surface area contributed by atoms with Crippen molar-refractivity contribution in [1.29, 1.82) is 0 Å². The van der Waals surface area contributed by atoms with E-state index in [0.29, 0.717) is 12.4 Å². The standard InChI is InChI=1S/C18H25N5O.HI/c1-19-18(20-8-11-23-9-2-3-10-23)22-13-16-6-7-17(21-12-16)24-14-15-4-5-15;/h2-3,6-7,9-10,12,15H,4-5,8,11,13-14H2,1H3,(H2,19,20,22);1H. The van der Waals surface area contributed by atoms with Crippen molar-refractivity contribution in [3.63, 3.8) is 0 Å². The quantitative estimate of drug-likeness (QED) is 0.365. The van der Waals surface area contributed by atoms with Gasteiger partial charge in [-0.05, 0) is 36.5 Å². The summed E-state index contributed by atoms with van der Waals surface area (Å²) in [4.78, 5) is 8.59. The predicted molar refractivity (Wildman–Crippen MR) is 111 cm³/mol. The average Bonchev–Trinajstić information content (AvgIpc) is 3.31. The van der Waals surface area contributed by atoms with Gasteiger partial charge in [0.25, 0.3) is 0 Å². The average molecular weight is 455 g/mol. The third kappa shape index (κ3) is 6.93. The van der Waals surface area contributed by atoms with Crippen LogP contribution < -0.4 is 15.4 Å². The molecule has 2 heterocycles. The Hall–Kier alpha value is -1.77. The number of halogens is 1. The summed E-state index contributed by atoms with van der Waals surface area (Å²) >= 11 is 0.